The third-order valence-corrected chi connectivity index (χ3v) is 10.6. The van der Waals surface area contributed by atoms with E-state index < -0.39 is 10.8 Å². The molecular weight excluding hydrogens is 581 g/mol. The Bertz CT molecular complexity index is 2100. The average molecular weight is 613 g/mol. The number of carbonyl (C=O) groups excluding carboxylic acids is 1. The van der Waals surface area contributed by atoms with Crippen LogP contribution in [0.15, 0.2) is 176 Å². The van der Waals surface area contributed by atoms with Crippen molar-refractivity contribution in [2.45, 2.75) is 10.8 Å². The molecule has 0 heterocycles. The number of benzene rings is 7. The predicted molar refractivity (Wildman–Crippen MR) is 197 cm³/mol. The Balaban J connectivity index is 1.48. The van der Waals surface area contributed by atoms with Crippen LogP contribution in [0.25, 0.3) is 28.3 Å². The maximum Gasteiger partial charge on any atom is 0.150 e. The van der Waals surface area contributed by atoms with Gasteiger partial charge in [-0.15, -0.1) is 0 Å². The molecule has 0 aromatic heterocycles. The lowest BCUT2D eigenvalue weighted by Gasteiger charge is -2.35. The van der Waals surface area contributed by atoms with Crippen LogP contribution in [0.5, 0.6) is 0 Å². The normalized spacial score (nSPS) is 14.3. The summed E-state index contributed by atoms with van der Waals surface area (Å²) < 4.78 is 0. The second-order valence-corrected chi connectivity index (χ2v) is 12.8. The van der Waals surface area contributed by atoms with Gasteiger partial charge >= 0.3 is 0 Å². The Morgan fingerprint density at radius 2 is 0.708 bits per heavy atom. The summed E-state index contributed by atoms with van der Waals surface area (Å²) >= 11 is 0. The second kappa shape index (κ2) is 10.8. The van der Waals surface area contributed by atoms with Crippen LogP contribution in [0, 0.1) is 0 Å². The van der Waals surface area contributed by atoms with Gasteiger partial charge < -0.3 is 0 Å². The van der Waals surface area contributed by atoms with Gasteiger partial charge in [0.05, 0.1) is 10.8 Å². The van der Waals surface area contributed by atoms with Crippen molar-refractivity contribution < 1.29 is 4.79 Å². The van der Waals surface area contributed by atoms with E-state index in [0.717, 1.165) is 23.0 Å². The first-order valence-electron chi connectivity index (χ1n) is 16.5. The zero-order valence-corrected chi connectivity index (χ0v) is 26.4. The SMILES string of the molecule is C=Cc1ccc2c(c1)C(c1ccccc1)(c1ccccc1)c1cc3c(cc1-2)C(c1ccccc1)(c1ccccc1)c1cc(C=O)ccc1-3. The van der Waals surface area contributed by atoms with Crippen molar-refractivity contribution in [2.75, 3.05) is 0 Å². The molecule has 7 aromatic rings. The van der Waals surface area contributed by atoms with Crippen LogP contribution in [-0.4, -0.2) is 6.29 Å². The molecule has 0 bridgehead atoms. The summed E-state index contributed by atoms with van der Waals surface area (Å²) in [6.45, 7) is 4.15. The van der Waals surface area contributed by atoms with Crippen LogP contribution in [-0.2, 0) is 10.8 Å². The Labute approximate surface area is 281 Å². The van der Waals surface area contributed by atoms with Crippen LogP contribution in [0.2, 0.25) is 0 Å². The molecule has 1 heteroatoms. The molecule has 0 saturated heterocycles. The van der Waals surface area contributed by atoms with E-state index in [-0.39, 0.29) is 0 Å². The first-order valence-corrected chi connectivity index (χ1v) is 16.5. The van der Waals surface area contributed by atoms with Crippen molar-refractivity contribution in [3.05, 3.63) is 232 Å². The molecule has 0 spiro atoms. The van der Waals surface area contributed by atoms with Gasteiger partial charge in [-0.2, -0.15) is 0 Å². The fourth-order valence-corrected chi connectivity index (χ4v) is 8.70. The minimum Gasteiger partial charge on any atom is -0.298 e. The number of fused-ring (bicyclic) bond motifs is 6. The summed E-state index contributed by atoms with van der Waals surface area (Å²) in [4.78, 5) is 12.3. The van der Waals surface area contributed by atoms with Gasteiger partial charge in [0.2, 0.25) is 0 Å². The lowest BCUT2D eigenvalue weighted by molar-refractivity contribution is 0.112. The zero-order chi connectivity index (χ0) is 32.3. The van der Waals surface area contributed by atoms with Gasteiger partial charge in [0.1, 0.15) is 6.29 Å². The van der Waals surface area contributed by atoms with E-state index in [1.807, 2.05) is 12.1 Å². The van der Waals surface area contributed by atoms with Crippen molar-refractivity contribution in [2.24, 2.45) is 0 Å². The molecule has 226 valence electrons. The van der Waals surface area contributed by atoms with Crippen LogP contribution in [0.4, 0.5) is 0 Å². The third-order valence-electron chi connectivity index (χ3n) is 10.6. The van der Waals surface area contributed by atoms with E-state index in [9.17, 15) is 4.79 Å². The first-order chi connectivity index (χ1) is 23.7. The minimum absolute atomic E-state index is 0.547. The van der Waals surface area contributed by atoms with E-state index in [2.05, 4.69) is 170 Å². The van der Waals surface area contributed by atoms with Crippen molar-refractivity contribution in [3.8, 4) is 22.3 Å². The predicted octanol–water partition coefficient (Wildman–Crippen LogP) is 10.9. The molecular formula is C47H32O. The molecule has 2 aliphatic rings. The summed E-state index contributed by atoms with van der Waals surface area (Å²) in [5, 5.41) is 0. The molecule has 0 radical (unpaired) electrons. The molecule has 48 heavy (non-hydrogen) atoms. The summed E-state index contributed by atoms with van der Waals surface area (Å²) in [5.41, 5.74) is 15.1. The van der Waals surface area contributed by atoms with E-state index >= 15 is 0 Å². The van der Waals surface area contributed by atoms with Crippen molar-refractivity contribution in [3.63, 3.8) is 0 Å². The molecule has 0 amide bonds. The van der Waals surface area contributed by atoms with Gasteiger partial charge in [-0.1, -0.05) is 158 Å². The highest BCUT2D eigenvalue weighted by Crippen LogP contribution is 2.62. The Morgan fingerprint density at radius 3 is 1.06 bits per heavy atom. The highest BCUT2D eigenvalue weighted by molar-refractivity contribution is 5.95. The largest absolute Gasteiger partial charge is 0.298 e. The average Bonchev–Trinajstić information content (AvgIpc) is 3.62. The second-order valence-electron chi connectivity index (χ2n) is 12.8. The molecule has 0 saturated carbocycles. The highest BCUT2D eigenvalue weighted by atomic mass is 16.1. The summed E-state index contributed by atoms with van der Waals surface area (Å²) in [7, 11) is 0. The van der Waals surface area contributed by atoms with Gasteiger partial charge in [-0.25, -0.2) is 0 Å². The molecule has 9 rings (SSSR count). The van der Waals surface area contributed by atoms with Gasteiger partial charge in [0.15, 0.2) is 0 Å². The fraction of sp³-hybridized carbons (Fsp3) is 0.0426. The maximum absolute atomic E-state index is 12.3. The van der Waals surface area contributed by atoms with Gasteiger partial charge in [-0.3, -0.25) is 4.79 Å². The number of aldehydes is 1. The molecule has 2 aliphatic carbocycles. The van der Waals surface area contributed by atoms with E-state index in [1.165, 1.54) is 55.6 Å². The highest BCUT2D eigenvalue weighted by Gasteiger charge is 2.51. The van der Waals surface area contributed by atoms with Crippen LogP contribution >= 0.6 is 0 Å². The minimum atomic E-state index is -0.618. The quantitative estimate of drug-likeness (QED) is 0.171. The van der Waals surface area contributed by atoms with Crippen molar-refractivity contribution in [1.29, 1.82) is 0 Å². The Hall–Kier alpha value is -6.05. The third kappa shape index (κ3) is 3.70. The van der Waals surface area contributed by atoms with Gasteiger partial charge in [0, 0.05) is 5.56 Å². The number of rotatable bonds is 6. The molecule has 0 fully saturated rings. The molecule has 0 aliphatic heterocycles. The summed E-state index contributed by atoms with van der Waals surface area (Å²) in [5.74, 6) is 0. The Morgan fingerprint density at radius 1 is 0.375 bits per heavy atom. The van der Waals surface area contributed by atoms with Crippen molar-refractivity contribution in [1.82, 2.24) is 0 Å². The van der Waals surface area contributed by atoms with Gasteiger partial charge in [-0.05, 0) is 96.6 Å². The number of hydrogen-bond acceptors (Lipinski definition) is 1. The molecule has 7 aromatic carbocycles. The van der Waals surface area contributed by atoms with E-state index in [0.29, 0.717) is 5.56 Å². The first kappa shape index (κ1) is 28.2. The summed E-state index contributed by atoms with van der Waals surface area (Å²) in [6, 6.07) is 61.4. The Kier molecular flexibility index (Phi) is 6.32. The van der Waals surface area contributed by atoms with Crippen LogP contribution in [0.3, 0.4) is 0 Å². The smallest absolute Gasteiger partial charge is 0.150 e. The topological polar surface area (TPSA) is 17.1 Å². The standard InChI is InChI=1S/C47H32O/c1-2-32-23-25-38-40-29-45-41(30-44(40)46(42(38)27-32,34-15-7-3-8-16-34)35-17-9-4-10-18-35)39-26-24-33(31-48)28-43(39)47(45,36-19-11-5-12-20-36)37-21-13-6-14-22-37/h2-31H,1H2. The fourth-order valence-electron chi connectivity index (χ4n) is 8.70. The lowest BCUT2D eigenvalue weighted by Crippen LogP contribution is -2.30. The lowest BCUT2D eigenvalue weighted by atomic mass is 9.66. The molecule has 1 nitrogen and oxygen atoms in total. The summed E-state index contributed by atoms with van der Waals surface area (Å²) in [6.07, 6.45) is 2.91. The zero-order valence-electron chi connectivity index (χ0n) is 26.4. The number of carbonyl (C=O) groups is 1. The maximum atomic E-state index is 12.3. The van der Waals surface area contributed by atoms with Gasteiger partial charge in [0.25, 0.3) is 0 Å². The van der Waals surface area contributed by atoms with E-state index in [4.69, 9.17) is 0 Å². The molecule has 0 atom stereocenters. The van der Waals surface area contributed by atoms with E-state index in [1.54, 1.807) is 0 Å². The van der Waals surface area contributed by atoms with Crippen molar-refractivity contribution >= 4 is 12.4 Å². The monoisotopic (exact) mass is 612 g/mol. The molecule has 0 N–H and O–H groups in total. The van der Waals surface area contributed by atoms with Crippen LogP contribution < -0.4 is 0 Å². The molecule has 0 unspecified atom stereocenters. The number of hydrogen-bond donors (Lipinski definition) is 0. The van der Waals surface area contributed by atoms with Crippen LogP contribution in [0.1, 0.15) is 60.4 Å².